The van der Waals surface area contributed by atoms with E-state index in [0.717, 1.165) is 0 Å². The summed E-state index contributed by atoms with van der Waals surface area (Å²) in [6, 6.07) is 12.0. The molecule has 0 saturated heterocycles. The molecule has 7 N–H and O–H groups in total. The van der Waals surface area contributed by atoms with Gasteiger partial charge in [0.25, 0.3) is 11.8 Å². The van der Waals surface area contributed by atoms with Crippen molar-refractivity contribution < 1.29 is 24.7 Å². The van der Waals surface area contributed by atoms with E-state index in [1.54, 1.807) is 36.4 Å². The van der Waals surface area contributed by atoms with Crippen molar-refractivity contribution in [3.63, 3.8) is 0 Å². The van der Waals surface area contributed by atoms with E-state index in [1.807, 2.05) is 0 Å². The molecule has 0 aliphatic heterocycles. The van der Waals surface area contributed by atoms with Crippen LogP contribution in [0, 0.1) is 11.8 Å². The van der Waals surface area contributed by atoms with Crippen LogP contribution in [0.25, 0.3) is 0 Å². The van der Waals surface area contributed by atoms with Crippen molar-refractivity contribution in [2.75, 3.05) is 11.9 Å². The van der Waals surface area contributed by atoms with Gasteiger partial charge in [0.05, 0.1) is 12.6 Å². The molecule has 0 aliphatic carbocycles. The van der Waals surface area contributed by atoms with E-state index in [2.05, 4.69) is 22.5 Å². The zero-order chi connectivity index (χ0) is 22.1. The Morgan fingerprint density at radius 3 is 2.29 bits per heavy atom. The Morgan fingerprint density at radius 2 is 1.71 bits per heavy atom. The number of nitrogens with two attached hydrogens (primary N) is 1. The van der Waals surface area contributed by atoms with Crippen LogP contribution in [0.2, 0.25) is 0 Å². The van der Waals surface area contributed by atoms with Crippen LogP contribution in [0.5, 0.6) is 0 Å². The maximum Gasteiger partial charge on any atom is 0.268 e. The largest absolute Gasteiger partial charge is 0.391 e. The summed E-state index contributed by atoms with van der Waals surface area (Å²) in [4.78, 5) is 35.1. The highest BCUT2D eigenvalue weighted by atomic mass is 16.5. The normalized spacial score (nSPS) is 11.6. The SMILES string of the molecule is C.C[C@@H](O)[C@H](NC(=O)c1ccc(C#Cc2cccc(NC(=O)CN)c2)cc1)C(=O)NO. The Hall–Kier alpha value is -3.71. The quantitative estimate of drug-likeness (QED) is 0.226. The van der Waals surface area contributed by atoms with E-state index >= 15 is 0 Å². The van der Waals surface area contributed by atoms with Gasteiger partial charge in [-0.05, 0) is 49.4 Å². The Labute approximate surface area is 180 Å². The molecule has 3 amide bonds. The highest BCUT2D eigenvalue weighted by Crippen LogP contribution is 2.10. The smallest absolute Gasteiger partial charge is 0.268 e. The van der Waals surface area contributed by atoms with Crippen molar-refractivity contribution in [2.24, 2.45) is 5.73 Å². The second-order valence-electron chi connectivity index (χ2n) is 6.33. The Kier molecular flexibility index (Phi) is 9.88. The van der Waals surface area contributed by atoms with Crippen LogP contribution in [0.1, 0.15) is 35.8 Å². The first-order chi connectivity index (χ1) is 14.3. The van der Waals surface area contributed by atoms with Crippen LogP contribution >= 0.6 is 0 Å². The van der Waals surface area contributed by atoms with E-state index in [9.17, 15) is 19.5 Å². The minimum Gasteiger partial charge on any atom is -0.391 e. The average molecular weight is 426 g/mol. The Morgan fingerprint density at radius 1 is 1.06 bits per heavy atom. The van der Waals surface area contributed by atoms with E-state index in [4.69, 9.17) is 10.9 Å². The lowest BCUT2D eigenvalue weighted by Crippen LogP contribution is -2.51. The summed E-state index contributed by atoms with van der Waals surface area (Å²) in [5.41, 5.74) is 8.84. The van der Waals surface area contributed by atoms with Crippen molar-refractivity contribution in [3.05, 3.63) is 65.2 Å². The van der Waals surface area contributed by atoms with E-state index in [0.29, 0.717) is 16.8 Å². The zero-order valence-electron chi connectivity index (χ0n) is 16.2. The second-order valence-corrected chi connectivity index (χ2v) is 6.33. The molecule has 0 spiro atoms. The number of nitrogens with one attached hydrogen (secondary N) is 3. The fourth-order valence-electron chi connectivity index (χ4n) is 2.44. The molecule has 2 atom stereocenters. The molecule has 0 fully saturated rings. The molecule has 0 radical (unpaired) electrons. The lowest BCUT2D eigenvalue weighted by molar-refractivity contribution is -0.133. The lowest BCUT2D eigenvalue weighted by atomic mass is 10.1. The summed E-state index contributed by atoms with van der Waals surface area (Å²) < 4.78 is 0. The topological polar surface area (TPSA) is 154 Å². The molecular formula is C22H26N4O5. The molecule has 2 aromatic rings. The molecule has 0 unspecified atom stereocenters. The maximum atomic E-state index is 12.3. The van der Waals surface area contributed by atoms with Gasteiger partial charge < -0.3 is 21.5 Å². The minimum atomic E-state index is -1.30. The highest BCUT2D eigenvalue weighted by Gasteiger charge is 2.25. The third-order valence-electron chi connectivity index (χ3n) is 3.99. The van der Waals surface area contributed by atoms with Gasteiger partial charge in [-0.1, -0.05) is 25.3 Å². The van der Waals surface area contributed by atoms with Gasteiger partial charge in [-0.25, -0.2) is 5.48 Å². The number of rotatable bonds is 6. The van der Waals surface area contributed by atoms with Gasteiger partial charge in [-0.15, -0.1) is 0 Å². The highest BCUT2D eigenvalue weighted by molar-refractivity contribution is 5.97. The summed E-state index contributed by atoms with van der Waals surface area (Å²) in [5, 5.41) is 23.3. The fraction of sp³-hybridized carbons (Fsp3) is 0.227. The monoisotopic (exact) mass is 426 g/mol. The standard InChI is InChI=1S/C21H22N4O5.CH4/c1-13(26)19(21(29)25-30)24-20(28)16-9-7-14(8-10-16)5-6-15-3-2-4-17(11-15)23-18(27)12-22;/h2-4,7-11,13,19,26,30H,12,22H2,1H3,(H,23,27)(H,24,28)(H,25,29);1H4/t13-,19+;/m1./s1. The molecule has 9 heteroatoms. The van der Waals surface area contributed by atoms with Gasteiger partial charge in [0.2, 0.25) is 5.91 Å². The number of hydrogen-bond acceptors (Lipinski definition) is 6. The number of carbonyl (C=O) groups is 3. The summed E-state index contributed by atoms with van der Waals surface area (Å²) in [6.45, 7) is 1.20. The summed E-state index contributed by atoms with van der Waals surface area (Å²) in [5.74, 6) is 4.10. The van der Waals surface area contributed by atoms with Crippen molar-refractivity contribution in [2.45, 2.75) is 26.5 Å². The average Bonchev–Trinajstić information content (AvgIpc) is 2.75. The number of aliphatic hydroxyl groups excluding tert-OH is 1. The van der Waals surface area contributed by atoms with Gasteiger partial charge >= 0.3 is 0 Å². The number of aliphatic hydroxyl groups is 1. The van der Waals surface area contributed by atoms with Crippen molar-refractivity contribution in [3.8, 4) is 11.8 Å². The maximum absolute atomic E-state index is 12.3. The number of benzene rings is 2. The molecule has 2 aromatic carbocycles. The third-order valence-corrected chi connectivity index (χ3v) is 3.99. The van der Waals surface area contributed by atoms with Crippen LogP contribution in [0.15, 0.2) is 48.5 Å². The van der Waals surface area contributed by atoms with Crippen molar-refractivity contribution >= 4 is 23.4 Å². The van der Waals surface area contributed by atoms with E-state index in [-0.39, 0.29) is 25.4 Å². The Balaban J connectivity index is 0.00000480. The number of carbonyl (C=O) groups excluding carboxylic acids is 3. The molecule has 0 aliphatic rings. The van der Waals surface area contributed by atoms with Gasteiger partial charge in [-0.2, -0.15) is 0 Å². The van der Waals surface area contributed by atoms with Gasteiger partial charge in [0, 0.05) is 22.4 Å². The van der Waals surface area contributed by atoms with Crippen LogP contribution in [0.4, 0.5) is 5.69 Å². The number of hydrogen-bond donors (Lipinski definition) is 6. The first-order valence-corrected chi connectivity index (χ1v) is 8.99. The molecule has 0 heterocycles. The van der Waals surface area contributed by atoms with Crippen LogP contribution in [-0.4, -0.2) is 46.7 Å². The first kappa shape index (κ1) is 25.3. The fourth-order valence-corrected chi connectivity index (χ4v) is 2.44. The summed E-state index contributed by atoms with van der Waals surface area (Å²) in [6.07, 6.45) is -1.20. The van der Waals surface area contributed by atoms with Crippen molar-refractivity contribution in [1.82, 2.24) is 10.8 Å². The molecule has 0 saturated carbocycles. The van der Waals surface area contributed by atoms with Crippen molar-refractivity contribution in [1.29, 1.82) is 0 Å². The van der Waals surface area contributed by atoms with Crippen LogP contribution < -0.4 is 21.8 Å². The molecule has 31 heavy (non-hydrogen) atoms. The Bertz CT molecular complexity index is 977. The van der Waals surface area contributed by atoms with Gasteiger partial charge in [0.15, 0.2) is 0 Å². The van der Waals surface area contributed by atoms with Crippen LogP contribution in [-0.2, 0) is 9.59 Å². The third kappa shape index (κ3) is 7.56. The van der Waals surface area contributed by atoms with E-state index in [1.165, 1.54) is 24.5 Å². The van der Waals surface area contributed by atoms with Gasteiger partial charge in [0.1, 0.15) is 6.04 Å². The predicted molar refractivity (Wildman–Crippen MR) is 116 cm³/mol. The minimum absolute atomic E-state index is 0. The van der Waals surface area contributed by atoms with E-state index < -0.39 is 24.0 Å². The first-order valence-electron chi connectivity index (χ1n) is 8.99. The zero-order valence-corrected chi connectivity index (χ0v) is 16.2. The van der Waals surface area contributed by atoms with Gasteiger partial charge in [-0.3, -0.25) is 19.6 Å². The molecule has 164 valence electrons. The number of anilines is 1. The summed E-state index contributed by atoms with van der Waals surface area (Å²) in [7, 11) is 0. The number of amides is 3. The second kappa shape index (κ2) is 12.1. The predicted octanol–water partition coefficient (Wildman–Crippen LogP) is 0.604. The molecule has 0 bridgehead atoms. The molecule has 9 nitrogen and oxygen atoms in total. The van der Waals surface area contributed by atoms with Crippen LogP contribution in [0.3, 0.4) is 0 Å². The molecular weight excluding hydrogens is 400 g/mol. The summed E-state index contributed by atoms with van der Waals surface area (Å²) >= 11 is 0. The molecule has 0 aromatic heterocycles. The molecule has 2 rings (SSSR count). The lowest BCUT2D eigenvalue weighted by Gasteiger charge is -2.19. The number of hydroxylamine groups is 1.